The molecule has 0 saturated heterocycles. The van der Waals surface area contributed by atoms with Gasteiger partial charge in [0.2, 0.25) is 5.91 Å². The summed E-state index contributed by atoms with van der Waals surface area (Å²) in [6.07, 6.45) is 3.31. The third kappa shape index (κ3) is 4.45. The molecule has 0 spiro atoms. The molecular weight excluding hydrogens is 270 g/mol. The first-order valence-electron chi connectivity index (χ1n) is 6.69. The maximum Gasteiger partial charge on any atom is 0.286 e. The summed E-state index contributed by atoms with van der Waals surface area (Å²) in [4.78, 5) is 27.5. The number of amides is 2. The quantitative estimate of drug-likeness (QED) is 0.846. The third-order valence-electron chi connectivity index (χ3n) is 2.89. The highest BCUT2D eigenvalue weighted by molar-refractivity contribution is 5.91. The van der Waals surface area contributed by atoms with Crippen molar-refractivity contribution in [3.63, 3.8) is 0 Å². The molecule has 1 atom stereocenters. The number of nitrogens with zero attached hydrogens (tertiary/aromatic N) is 1. The Hall–Kier alpha value is -2.63. The smallest absolute Gasteiger partial charge is 0.286 e. The fraction of sp³-hybridized carbons (Fsp3) is 0.267. The lowest BCUT2D eigenvalue weighted by Crippen LogP contribution is -2.32. The first-order valence-corrected chi connectivity index (χ1v) is 6.69. The van der Waals surface area contributed by atoms with Crippen LogP contribution in [0.1, 0.15) is 35.6 Å². The molecular formula is C15H17N3O3. The molecule has 0 bridgehead atoms. The molecule has 2 heterocycles. The number of carbonyl (C=O) groups excluding carboxylic acids is 2. The summed E-state index contributed by atoms with van der Waals surface area (Å²) in [5.41, 5.74) is 0.797. The van der Waals surface area contributed by atoms with Crippen molar-refractivity contribution in [2.24, 2.45) is 0 Å². The van der Waals surface area contributed by atoms with Crippen LogP contribution in [-0.2, 0) is 4.79 Å². The van der Waals surface area contributed by atoms with Crippen LogP contribution in [0.5, 0.6) is 0 Å². The van der Waals surface area contributed by atoms with Gasteiger partial charge in [-0.2, -0.15) is 0 Å². The zero-order chi connectivity index (χ0) is 15.1. The van der Waals surface area contributed by atoms with Gasteiger partial charge in [-0.1, -0.05) is 6.07 Å². The van der Waals surface area contributed by atoms with Gasteiger partial charge in [0.05, 0.1) is 18.0 Å². The zero-order valence-corrected chi connectivity index (χ0v) is 11.7. The Morgan fingerprint density at radius 3 is 2.81 bits per heavy atom. The second-order valence-corrected chi connectivity index (χ2v) is 4.53. The fourth-order valence-electron chi connectivity index (χ4n) is 1.80. The minimum absolute atomic E-state index is 0.145. The van der Waals surface area contributed by atoms with Crippen molar-refractivity contribution in [1.29, 1.82) is 0 Å². The minimum Gasteiger partial charge on any atom is -0.459 e. The lowest BCUT2D eigenvalue weighted by atomic mass is 10.2. The van der Waals surface area contributed by atoms with Gasteiger partial charge in [-0.15, -0.1) is 0 Å². The van der Waals surface area contributed by atoms with E-state index in [1.54, 1.807) is 18.3 Å². The van der Waals surface area contributed by atoms with Crippen LogP contribution in [0, 0.1) is 0 Å². The summed E-state index contributed by atoms with van der Waals surface area (Å²) in [5.74, 6) is -0.240. The Morgan fingerprint density at radius 2 is 2.14 bits per heavy atom. The van der Waals surface area contributed by atoms with Crippen molar-refractivity contribution in [2.75, 3.05) is 6.54 Å². The maximum atomic E-state index is 11.8. The molecule has 2 rings (SSSR count). The Labute approximate surface area is 122 Å². The van der Waals surface area contributed by atoms with Crippen molar-refractivity contribution >= 4 is 11.8 Å². The van der Waals surface area contributed by atoms with Gasteiger partial charge in [0.15, 0.2) is 5.76 Å². The van der Waals surface area contributed by atoms with Gasteiger partial charge in [-0.3, -0.25) is 14.6 Å². The number of furan rings is 1. The van der Waals surface area contributed by atoms with E-state index in [0.717, 1.165) is 5.69 Å². The van der Waals surface area contributed by atoms with E-state index in [1.165, 1.54) is 6.26 Å². The number of nitrogens with one attached hydrogen (secondary N) is 2. The highest BCUT2D eigenvalue weighted by Crippen LogP contribution is 2.07. The summed E-state index contributed by atoms with van der Waals surface area (Å²) < 4.78 is 4.95. The van der Waals surface area contributed by atoms with Gasteiger partial charge >= 0.3 is 0 Å². The number of rotatable bonds is 6. The van der Waals surface area contributed by atoms with Crippen molar-refractivity contribution in [1.82, 2.24) is 15.6 Å². The van der Waals surface area contributed by atoms with E-state index < -0.39 is 0 Å². The van der Waals surface area contributed by atoms with Gasteiger partial charge in [0.1, 0.15) is 0 Å². The molecule has 2 aromatic heterocycles. The molecule has 21 heavy (non-hydrogen) atoms. The standard InChI is InChI=1S/C15H17N3O3/c1-11(12-5-2-3-8-16-12)18-14(19)7-9-17-15(20)13-6-4-10-21-13/h2-6,8,10-11H,7,9H2,1H3,(H,17,20)(H,18,19)/t11-/m0/s1. The van der Waals surface area contributed by atoms with Crippen LogP contribution in [0.25, 0.3) is 0 Å². The molecule has 6 nitrogen and oxygen atoms in total. The van der Waals surface area contributed by atoms with Crippen molar-refractivity contribution in [2.45, 2.75) is 19.4 Å². The lowest BCUT2D eigenvalue weighted by molar-refractivity contribution is -0.121. The monoisotopic (exact) mass is 287 g/mol. The van der Waals surface area contributed by atoms with Crippen LogP contribution in [-0.4, -0.2) is 23.3 Å². The minimum atomic E-state index is -0.328. The zero-order valence-electron chi connectivity index (χ0n) is 11.7. The van der Waals surface area contributed by atoms with Gasteiger partial charge in [-0.05, 0) is 31.2 Å². The predicted octanol–water partition coefficient (Wildman–Crippen LogP) is 1.67. The summed E-state index contributed by atoms with van der Waals surface area (Å²) >= 11 is 0. The molecule has 2 amide bonds. The average molecular weight is 287 g/mol. The van der Waals surface area contributed by atoms with Crippen molar-refractivity contribution < 1.29 is 14.0 Å². The topological polar surface area (TPSA) is 84.2 Å². The Bertz CT molecular complexity index is 581. The molecule has 0 aliphatic carbocycles. The summed E-state index contributed by atoms with van der Waals surface area (Å²) in [7, 11) is 0. The summed E-state index contributed by atoms with van der Waals surface area (Å²) in [5, 5.41) is 5.45. The Kier molecular flexibility index (Phi) is 5.09. The highest BCUT2D eigenvalue weighted by Gasteiger charge is 2.11. The van der Waals surface area contributed by atoms with E-state index in [4.69, 9.17) is 4.42 Å². The molecule has 0 aliphatic rings. The summed E-state index contributed by atoms with van der Waals surface area (Å²) in [6.45, 7) is 2.11. The van der Waals surface area contributed by atoms with Gasteiger partial charge in [0.25, 0.3) is 5.91 Å². The molecule has 6 heteroatoms. The van der Waals surface area contributed by atoms with Crippen LogP contribution in [0.2, 0.25) is 0 Å². The molecule has 2 aromatic rings. The Balaban J connectivity index is 1.71. The van der Waals surface area contributed by atoms with Crippen molar-refractivity contribution in [3.8, 4) is 0 Å². The SMILES string of the molecule is C[C@H](NC(=O)CCNC(=O)c1ccco1)c1ccccn1. The molecule has 0 unspecified atom stereocenters. The number of hydrogen-bond donors (Lipinski definition) is 2. The van der Waals surface area contributed by atoms with Gasteiger partial charge in [-0.25, -0.2) is 0 Å². The maximum absolute atomic E-state index is 11.8. The molecule has 110 valence electrons. The molecule has 2 N–H and O–H groups in total. The number of pyridine rings is 1. The van der Waals surface area contributed by atoms with Crippen LogP contribution < -0.4 is 10.6 Å². The van der Waals surface area contributed by atoms with Crippen LogP contribution >= 0.6 is 0 Å². The normalized spacial score (nSPS) is 11.7. The molecule has 0 radical (unpaired) electrons. The van der Waals surface area contributed by atoms with E-state index in [1.807, 2.05) is 25.1 Å². The second-order valence-electron chi connectivity index (χ2n) is 4.53. The average Bonchev–Trinajstić information content (AvgIpc) is 3.02. The first kappa shape index (κ1) is 14.8. The van der Waals surface area contributed by atoms with Gasteiger partial charge < -0.3 is 15.1 Å². The third-order valence-corrected chi connectivity index (χ3v) is 2.89. The summed E-state index contributed by atoms with van der Waals surface area (Å²) in [6, 6.07) is 8.58. The first-order chi connectivity index (χ1) is 10.2. The fourth-order valence-corrected chi connectivity index (χ4v) is 1.80. The second kappa shape index (κ2) is 7.23. The number of aromatic nitrogens is 1. The van der Waals surface area contributed by atoms with E-state index in [9.17, 15) is 9.59 Å². The largest absolute Gasteiger partial charge is 0.459 e. The lowest BCUT2D eigenvalue weighted by Gasteiger charge is -2.13. The van der Waals surface area contributed by atoms with E-state index >= 15 is 0 Å². The molecule has 0 saturated carbocycles. The highest BCUT2D eigenvalue weighted by atomic mass is 16.3. The van der Waals surface area contributed by atoms with Crippen LogP contribution in [0.3, 0.4) is 0 Å². The predicted molar refractivity (Wildman–Crippen MR) is 76.5 cm³/mol. The molecule has 0 fully saturated rings. The van der Waals surface area contributed by atoms with Gasteiger partial charge in [0, 0.05) is 19.2 Å². The van der Waals surface area contributed by atoms with E-state index in [-0.39, 0.29) is 36.6 Å². The van der Waals surface area contributed by atoms with Crippen LogP contribution in [0.15, 0.2) is 47.2 Å². The van der Waals surface area contributed by atoms with E-state index in [2.05, 4.69) is 15.6 Å². The molecule has 0 aromatic carbocycles. The number of hydrogen-bond acceptors (Lipinski definition) is 4. The number of carbonyl (C=O) groups is 2. The molecule has 0 aliphatic heterocycles. The van der Waals surface area contributed by atoms with Crippen LogP contribution in [0.4, 0.5) is 0 Å². The Morgan fingerprint density at radius 1 is 1.29 bits per heavy atom. The van der Waals surface area contributed by atoms with E-state index in [0.29, 0.717) is 0 Å². The van der Waals surface area contributed by atoms with Crippen molar-refractivity contribution in [3.05, 3.63) is 54.2 Å².